The standard InChI is InChI=1S/C4H11NO2/c1-3(6)4(2)7-5/h3-4,6H,5H2,1-2H3. The molecule has 0 saturated carbocycles. The van der Waals surface area contributed by atoms with Crippen molar-refractivity contribution in [3.05, 3.63) is 0 Å². The highest BCUT2D eigenvalue weighted by Gasteiger charge is 2.05. The zero-order chi connectivity index (χ0) is 5.86. The second kappa shape index (κ2) is 2.96. The predicted molar refractivity (Wildman–Crippen MR) is 26.4 cm³/mol. The highest BCUT2D eigenvalue weighted by molar-refractivity contribution is 4.53. The highest BCUT2D eigenvalue weighted by Crippen LogP contribution is 1.91. The van der Waals surface area contributed by atoms with Crippen LogP contribution in [0.4, 0.5) is 0 Å². The molecule has 7 heavy (non-hydrogen) atoms. The molecule has 2 unspecified atom stereocenters. The van der Waals surface area contributed by atoms with Gasteiger partial charge in [0.1, 0.15) is 6.10 Å². The smallest absolute Gasteiger partial charge is 0.101 e. The van der Waals surface area contributed by atoms with E-state index < -0.39 is 6.10 Å². The second-order valence-electron chi connectivity index (χ2n) is 1.58. The first-order chi connectivity index (χ1) is 3.18. The van der Waals surface area contributed by atoms with E-state index in [9.17, 15) is 0 Å². The molecule has 2 atom stereocenters. The molecule has 3 heteroatoms. The normalized spacial score (nSPS) is 18.9. The number of rotatable bonds is 2. The van der Waals surface area contributed by atoms with Crippen LogP contribution in [0.25, 0.3) is 0 Å². The van der Waals surface area contributed by atoms with Gasteiger partial charge in [-0.1, -0.05) is 0 Å². The first kappa shape index (κ1) is 6.88. The third-order valence-corrected chi connectivity index (χ3v) is 0.894. The Bertz CT molecular complexity index is 47.0. The van der Waals surface area contributed by atoms with Gasteiger partial charge in [0.25, 0.3) is 0 Å². The van der Waals surface area contributed by atoms with Crippen LogP contribution in [-0.2, 0) is 4.84 Å². The number of hydrogen-bond donors (Lipinski definition) is 2. The molecule has 0 amide bonds. The van der Waals surface area contributed by atoms with Crippen LogP contribution in [0.15, 0.2) is 0 Å². The monoisotopic (exact) mass is 105 g/mol. The van der Waals surface area contributed by atoms with Gasteiger partial charge in [0.2, 0.25) is 0 Å². The summed E-state index contributed by atoms with van der Waals surface area (Å²) in [5, 5.41) is 8.62. The van der Waals surface area contributed by atoms with Crippen molar-refractivity contribution in [3.8, 4) is 0 Å². The van der Waals surface area contributed by atoms with Gasteiger partial charge in [-0.2, -0.15) is 0 Å². The number of nitrogens with two attached hydrogens (primary N) is 1. The molecule has 3 N–H and O–H groups in total. The first-order valence-electron chi connectivity index (χ1n) is 2.22. The topological polar surface area (TPSA) is 55.5 Å². The number of aliphatic hydroxyl groups is 1. The fraction of sp³-hybridized carbons (Fsp3) is 1.00. The lowest BCUT2D eigenvalue weighted by Gasteiger charge is -2.09. The molecule has 0 aromatic rings. The molecule has 0 aliphatic heterocycles. The van der Waals surface area contributed by atoms with E-state index in [1.807, 2.05) is 0 Å². The van der Waals surface area contributed by atoms with Crippen molar-refractivity contribution in [2.75, 3.05) is 0 Å². The van der Waals surface area contributed by atoms with E-state index in [2.05, 4.69) is 4.84 Å². The molecule has 0 radical (unpaired) electrons. The van der Waals surface area contributed by atoms with Gasteiger partial charge >= 0.3 is 0 Å². The molecule has 0 rings (SSSR count). The van der Waals surface area contributed by atoms with Gasteiger partial charge < -0.3 is 5.11 Å². The maximum absolute atomic E-state index is 8.62. The van der Waals surface area contributed by atoms with E-state index in [0.717, 1.165) is 0 Å². The largest absolute Gasteiger partial charge is 0.391 e. The van der Waals surface area contributed by atoms with Crippen molar-refractivity contribution >= 4 is 0 Å². The third kappa shape index (κ3) is 2.56. The molecule has 44 valence electrons. The molecule has 0 aliphatic rings. The van der Waals surface area contributed by atoms with Gasteiger partial charge in [-0.3, -0.25) is 4.84 Å². The van der Waals surface area contributed by atoms with E-state index in [-0.39, 0.29) is 6.10 Å². The van der Waals surface area contributed by atoms with Gasteiger partial charge in [0, 0.05) is 0 Å². The zero-order valence-electron chi connectivity index (χ0n) is 4.59. The fourth-order valence-corrected chi connectivity index (χ4v) is 0.114. The van der Waals surface area contributed by atoms with E-state index in [0.29, 0.717) is 0 Å². The maximum atomic E-state index is 8.62. The van der Waals surface area contributed by atoms with Crippen molar-refractivity contribution in [2.45, 2.75) is 26.1 Å². The van der Waals surface area contributed by atoms with Crippen LogP contribution >= 0.6 is 0 Å². The van der Waals surface area contributed by atoms with Crippen LogP contribution in [0.5, 0.6) is 0 Å². The summed E-state index contributed by atoms with van der Waals surface area (Å²) in [5.41, 5.74) is 0. The minimum Gasteiger partial charge on any atom is -0.391 e. The summed E-state index contributed by atoms with van der Waals surface area (Å²) in [4.78, 5) is 4.26. The van der Waals surface area contributed by atoms with Crippen molar-refractivity contribution in [1.82, 2.24) is 0 Å². The summed E-state index contributed by atoms with van der Waals surface area (Å²) in [6.45, 7) is 3.32. The van der Waals surface area contributed by atoms with E-state index >= 15 is 0 Å². The molecule has 0 aromatic carbocycles. The number of aliphatic hydroxyl groups excluding tert-OH is 1. The molecular weight excluding hydrogens is 94.0 g/mol. The molecule has 0 spiro atoms. The second-order valence-corrected chi connectivity index (χ2v) is 1.58. The Hall–Kier alpha value is -0.120. The van der Waals surface area contributed by atoms with Crippen molar-refractivity contribution < 1.29 is 9.94 Å². The van der Waals surface area contributed by atoms with E-state index in [4.69, 9.17) is 11.0 Å². The Morgan fingerprint density at radius 1 is 1.57 bits per heavy atom. The highest BCUT2D eigenvalue weighted by atomic mass is 16.6. The van der Waals surface area contributed by atoms with Gasteiger partial charge in [-0.15, -0.1) is 0 Å². The molecule has 0 fully saturated rings. The lowest BCUT2D eigenvalue weighted by atomic mass is 10.3. The fourth-order valence-electron chi connectivity index (χ4n) is 0.114. The molecule has 0 aromatic heterocycles. The lowest BCUT2D eigenvalue weighted by molar-refractivity contribution is -0.0193. The van der Waals surface area contributed by atoms with Crippen molar-refractivity contribution in [3.63, 3.8) is 0 Å². The van der Waals surface area contributed by atoms with Crippen LogP contribution in [-0.4, -0.2) is 17.3 Å². The van der Waals surface area contributed by atoms with Crippen LogP contribution in [0, 0.1) is 0 Å². The Balaban J connectivity index is 3.14. The Labute approximate surface area is 43.0 Å². The summed E-state index contributed by atoms with van der Waals surface area (Å²) in [6.07, 6.45) is -0.745. The van der Waals surface area contributed by atoms with Crippen molar-refractivity contribution in [1.29, 1.82) is 0 Å². The minimum atomic E-state index is -0.481. The van der Waals surface area contributed by atoms with Gasteiger partial charge in [-0.25, -0.2) is 5.90 Å². The molecule has 0 aliphatic carbocycles. The summed E-state index contributed by atoms with van der Waals surface area (Å²) in [6, 6.07) is 0. The van der Waals surface area contributed by atoms with Crippen LogP contribution in [0.3, 0.4) is 0 Å². The predicted octanol–water partition coefficient (Wildman–Crippen LogP) is -0.354. The molecule has 0 bridgehead atoms. The molecular formula is C4H11NO2. The van der Waals surface area contributed by atoms with Gasteiger partial charge in [0.15, 0.2) is 0 Å². The average molecular weight is 105 g/mol. The average Bonchev–Trinajstić information content (AvgIpc) is 1.65. The minimum absolute atomic E-state index is 0.264. The van der Waals surface area contributed by atoms with Gasteiger partial charge in [0.05, 0.1) is 6.10 Å². The molecule has 0 heterocycles. The molecule has 0 saturated heterocycles. The van der Waals surface area contributed by atoms with Crippen LogP contribution in [0.2, 0.25) is 0 Å². The third-order valence-electron chi connectivity index (χ3n) is 0.894. The van der Waals surface area contributed by atoms with Crippen LogP contribution in [0.1, 0.15) is 13.8 Å². The Kier molecular flexibility index (Phi) is 2.91. The Morgan fingerprint density at radius 3 is 2.00 bits per heavy atom. The summed E-state index contributed by atoms with van der Waals surface area (Å²) >= 11 is 0. The zero-order valence-corrected chi connectivity index (χ0v) is 4.59. The lowest BCUT2D eigenvalue weighted by Crippen LogP contribution is -2.25. The van der Waals surface area contributed by atoms with Gasteiger partial charge in [-0.05, 0) is 13.8 Å². The van der Waals surface area contributed by atoms with Crippen molar-refractivity contribution in [2.24, 2.45) is 5.90 Å². The summed E-state index contributed by atoms with van der Waals surface area (Å²) < 4.78 is 0. The quantitative estimate of drug-likeness (QED) is 0.472. The molecule has 3 nitrogen and oxygen atoms in total. The Morgan fingerprint density at radius 2 is 2.00 bits per heavy atom. The first-order valence-corrected chi connectivity index (χ1v) is 2.22. The van der Waals surface area contributed by atoms with E-state index in [1.165, 1.54) is 0 Å². The van der Waals surface area contributed by atoms with Crippen LogP contribution < -0.4 is 5.90 Å². The van der Waals surface area contributed by atoms with E-state index in [1.54, 1.807) is 13.8 Å². The number of hydrogen-bond acceptors (Lipinski definition) is 3. The summed E-state index contributed by atoms with van der Waals surface area (Å²) in [7, 11) is 0. The maximum Gasteiger partial charge on any atom is 0.101 e. The SMILES string of the molecule is CC(O)C(C)ON. The summed E-state index contributed by atoms with van der Waals surface area (Å²) in [5.74, 6) is 4.71.